The van der Waals surface area contributed by atoms with E-state index in [1.807, 2.05) is 12.1 Å². The summed E-state index contributed by atoms with van der Waals surface area (Å²) in [6, 6.07) is 14.4. The van der Waals surface area contributed by atoms with Crippen LogP contribution in [0.1, 0.15) is 59.5 Å². The highest BCUT2D eigenvalue weighted by Gasteiger charge is 2.29. The zero-order chi connectivity index (χ0) is 20.7. The van der Waals surface area contributed by atoms with Crippen LogP contribution >= 0.6 is 0 Å². The quantitative estimate of drug-likeness (QED) is 0.587. The molecule has 4 heteroatoms. The SMILES string of the molecule is COC(=O)c1ccc2c(C3CCCCC3)c3n(c2c1)CC(CO)=Cc1ccccc1-3. The zero-order valence-electron chi connectivity index (χ0n) is 17.4. The molecule has 3 aromatic rings. The van der Waals surface area contributed by atoms with Gasteiger partial charge in [-0.15, -0.1) is 0 Å². The standard InChI is InChI=1S/C26H27NO3/c1-30-26(29)20-11-12-22-23(14-20)27-15-17(16-28)13-19-9-5-6-10-21(19)25(27)24(22)18-7-3-2-4-8-18/h5-6,9-14,18,28H,2-4,7-8,15-16H2,1H3. The number of fused-ring (bicyclic) bond motifs is 5. The average molecular weight is 402 g/mol. The van der Waals surface area contributed by atoms with E-state index in [0.717, 1.165) is 16.7 Å². The molecule has 1 aliphatic heterocycles. The maximum Gasteiger partial charge on any atom is 0.337 e. The number of aliphatic hydroxyl groups excluding tert-OH is 1. The first kappa shape index (κ1) is 19.1. The molecular formula is C26H27NO3. The molecule has 2 aliphatic rings. The molecule has 1 fully saturated rings. The lowest BCUT2D eigenvalue weighted by Gasteiger charge is -2.24. The number of ether oxygens (including phenoxy) is 1. The molecule has 30 heavy (non-hydrogen) atoms. The Morgan fingerprint density at radius 3 is 2.70 bits per heavy atom. The van der Waals surface area contributed by atoms with Gasteiger partial charge in [0.2, 0.25) is 0 Å². The van der Waals surface area contributed by atoms with Crippen molar-refractivity contribution < 1.29 is 14.6 Å². The third kappa shape index (κ3) is 3.07. The van der Waals surface area contributed by atoms with Crippen molar-refractivity contribution in [1.82, 2.24) is 4.57 Å². The fraction of sp³-hybridized carbons (Fsp3) is 0.346. The Labute approximate surface area is 176 Å². The number of methoxy groups -OCH3 is 1. The number of aliphatic hydroxyl groups is 1. The highest BCUT2D eigenvalue weighted by atomic mass is 16.5. The van der Waals surface area contributed by atoms with E-state index < -0.39 is 0 Å². The van der Waals surface area contributed by atoms with Crippen LogP contribution in [-0.2, 0) is 11.3 Å². The van der Waals surface area contributed by atoms with Crippen LogP contribution in [0.15, 0.2) is 48.0 Å². The molecule has 1 aromatic heterocycles. The first-order valence-corrected chi connectivity index (χ1v) is 10.9. The lowest BCUT2D eigenvalue weighted by atomic mass is 9.81. The molecule has 0 bridgehead atoms. The number of carbonyl (C=O) groups is 1. The number of esters is 1. The van der Waals surface area contributed by atoms with Gasteiger partial charge in [0.05, 0.1) is 25.0 Å². The number of nitrogens with zero attached hydrogens (tertiary/aromatic N) is 1. The Kier molecular flexibility index (Phi) is 4.95. The fourth-order valence-electron chi connectivity index (χ4n) is 5.28. The fourth-order valence-corrected chi connectivity index (χ4v) is 5.28. The predicted octanol–water partition coefficient (Wildman–Crippen LogP) is 5.53. The van der Waals surface area contributed by atoms with Crippen LogP contribution in [0.25, 0.3) is 28.2 Å². The topological polar surface area (TPSA) is 51.5 Å². The maximum absolute atomic E-state index is 12.2. The number of hydrogen-bond acceptors (Lipinski definition) is 3. The van der Waals surface area contributed by atoms with E-state index in [9.17, 15) is 9.90 Å². The van der Waals surface area contributed by atoms with Gasteiger partial charge in [-0.1, -0.05) is 55.7 Å². The predicted molar refractivity (Wildman–Crippen MR) is 120 cm³/mol. The molecule has 1 saturated carbocycles. The molecule has 4 nitrogen and oxygen atoms in total. The summed E-state index contributed by atoms with van der Waals surface area (Å²) in [5, 5.41) is 11.2. The third-order valence-electron chi connectivity index (χ3n) is 6.68. The second kappa shape index (κ2) is 7.77. The van der Waals surface area contributed by atoms with Crippen LogP contribution < -0.4 is 0 Å². The van der Waals surface area contributed by atoms with Crippen molar-refractivity contribution in [3.63, 3.8) is 0 Å². The summed E-state index contributed by atoms with van der Waals surface area (Å²) in [4.78, 5) is 12.2. The Balaban J connectivity index is 1.84. The molecule has 0 radical (unpaired) electrons. The van der Waals surface area contributed by atoms with Crippen molar-refractivity contribution in [2.24, 2.45) is 0 Å². The zero-order valence-corrected chi connectivity index (χ0v) is 17.4. The molecule has 1 aliphatic carbocycles. The molecule has 0 atom stereocenters. The van der Waals surface area contributed by atoms with Gasteiger partial charge in [-0.05, 0) is 47.6 Å². The van der Waals surface area contributed by atoms with Crippen LogP contribution in [-0.4, -0.2) is 29.4 Å². The van der Waals surface area contributed by atoms with Gasteiger partial charge in [-0.2, -0.15) is 0 Å². The summed E-state index contributed by atoms with van der Waals surface area (Å²) in [6.07, 6.45) is 8.35. The van der Waals surface area contributed by atoms with Gasteiger partial charge in [-0.25, -0.2) is 4.79 Å². The second-order valence-electron chi connectivity index (χ2n) is 8.45. The van der Waals surface area contributed by atoms with Gasteiger partial charge >= 0.3 is 5.97 Å². The lowest BCUT2D eigenvalue weighted by Crippen LogP contribution is -2.08. The van der Waals surface area contributed by atoms with E-state index in [0.29, 0.717) is 18.0 Å². The van der Waals surface area contributed by atoms with Crippen LogP contribution in [0.5, 0.6) is 0 Å². The molecule has 0 unspecified atom stereocenters. The van der Waals surface area contributed by atoms with Gasteiger partial charge in [0.15, 0.2) is 0 Å². The van der Waals surface area contributed by atoms with E-state index in [1.54, 1.807) is 0 Å². The van der Waals surface area contributed by atoms with Gasteiger partial charge in [0.25, 0.3) is 0 Å². The van der Waals surface area contributed by atoms with E-state index in [2.05, 4.69) is 41.0 Å². The number of carbonyl (C=O) groups excluding carboxylic acids is 1. The molecule has 2 aromatic carbocycles. The normalized spacial score (nSPS) is 16.5. The lowest BCUT2D eigenvalue weighted by molar-refractivity contribution is 0.0601. The van der Waals surface area contributed by atoms with Crippen molar-refractivity contribution in [3.05, 3.63) is 64.7 Å². The molecular weight excluding hydrogens is 374 g/mol. The van der Waals surface area contributed by atoms with E-state index in [4.69, 9.17) is 4.74 Å². The summed E-state index contributed by atoms with van der Waals surface area (Å²) in [7, 11) is 1.42. The Morgan fingerprint density at radius 1 is 1.13 bits per heavy atom. The van der Waals surface area contributed by atoms with Crippen molar-refractivity contribution in [3.8, 4) is 11.3 Å². The van der Waals surface area contributed by atoms with Crippen LogP contribution in [0.2, 0.25) is 0 Å². The monoisotopic (exact) mass is 401 g/mol. The van der Waals surface area contributed by atoms with Crippen molar-refractivity contribution in [2.75, 3.05) is 13.7 Å². The van der Waals surface area contributed by atoms with E-state index in [1.165, 1.54) is 61.4 Å². The van der Waals surface area contributed by atoms with Crippen molar-refractivity contribution >= 4 is 22.9 Å². The second-order valence-corrected chi connectivity index (χ2v) is 8.45. The Morgan fingerprint density at radius 2 is 1.93 bits per heavy atom. The minimum Gasteiger partial charge on any atom is -0.465 e. The maximum atomic E-state index is 12.2. The first-order valence-electron chi connectivity index (χ1n) is 10.9. The van der Waals surface area contributed by atoms with E-state index in [-0.39, 0.29) is 12.6 Å². The molecule has 0 spiro atoms. The number of rotatable bonds is 3. The van der Waals surface area contributed by atoms with Gasteiger partial charge in [0.1, 0.15) is 0 Å². The summed E-state index contributed by atoms with van der Waals surface area (Å²) < 4.78 is 7.28. The number of aromatic nitrogens is 1. The van der Waals surface area contributed by atoms with E-state index >= 15 is 0 Å². The van der Waals surface area contributed by atoms with Crippen molar-refractivity contribution in [2.45, 2.75) is 44.6 Å². The summed E-state index contributed by atoms with van der Waals surface area (Å²) >= 11 is 0. The summed E-state index contributed by atoms with van der Waals surface area (Å²) in [6.45, 7) is 0.636. The molecule has 154 valence electrons. The van der Waals surface area contributed by atoms with Crippen LogP contribution in [0, 0.1) is 0 Å². The third-order valence-corrected chi connectivity index (χ3v) is 6.68. The Bertz CT molecular complexity index is 1150. The van der Waals surface area contributed by atoms with Gasteiger partial charge < -0.3 is 14.4 Å². The molecule has 2 heterocycles. The first-order chi connectivity index (χ1) is 14.7. The minimum absolute atomic E-state index is 0.0168. The average Bonchev–Trinajstić information content (AvgIpc) is 3.01. The molecule has 1 N–H and O–H groups in total. The highest BCUT2D eigenvalue weighted by Crippen LogP contribution is 2.46. The number of benzene rings is 2. The van der Waals surface area contributed by atoms with Gasteiger partial charge in [-0.3, -0.25) is 0 Å². The van der Waals surface area contributed by atoms with Crippen LogP contribution in [0.4, 0.5) is 0 Å². The largest absolute Gasteiger partial charge is 0.465 e. The highest BCUT2D eigenvalue weighted by molar-refractivity contribution is 5.99. The smallest absolute Gasteiger partial charge is 0.337 e. The molecule has 0 amide bonds. The Hall–Kier alpha value is -2.85. The molecule has 0 saturated heterocycles. The summed E-state index contributed by atoms with van der Waals surface area (Å²) in [5.41, 5.74) is 7.58. The van der Waals surface area contributed by atoms with Gasteiger partial charge in [0, 0.05) is 23.0 Å². The summed E-state index contributed by atoms with van der Waals surface area (Å²) in [5.74, 6) is 0.198. The van der Waals surface area contributed by atoms with Crippen molar-refractivity contribution in [1.29, 1.82) is 0 Å². The number of hydrogen-bond donors (Lipinski definition) is 1. The molecule has 5 rings (SSSR count). The van der Waals surface area contributed by atoms with Crippen LogP contribution in [0.3, 0.4) is 0 Å². The minimum atomic E-state index is -0.321.